The molecule has 3 heterocycles. The van der Waals surface area contributed by atoms with E-state index in [0.29, 0.717) is 36.4 Å². The van der Waals surface area contributed by atoms with Gasteiger partial charge in [-0.05, 0) is 19.1 Å². The van der Waals surface area contributed by atoms with Gasteiger partial charge in [0.2, 0.25) is 0 Å². The Kier molecular flexibility index (Phi) is 5.61. The van der Waals surface area contributed by atoms with Gasteiger partial charge in [-0.1, -0.05) is 6.07 Å². The molecular formula is C17H18N8O. The van der Waals surface area contributed by atoms with Crippen LogP contribution in [0.5, 0.6) is 0 Å². The number of carbonyl (C=O) groups excluding carboxylic acids is 1. The number of amides is 1. The fraction of sp³-hybridized carbons (Fsp3) is 0.176. The quantitative estimate of drug-likeness (QED) is 0.550. The van der Waals surface area contributed by atoms with E-state index in [0.717, 1.165) is 0 Å². The SMILES string of the molecule is Cc1nc(NCCNC(=O)c2cnccn2)cc(Nc2ccccn2)n1. The van der Waals surface area contributed by atoms with Crippen molar-refractivity contribution in [3.63, 3.8) is 0 Å². The van der Waals surface area contributed by atoms with Crippen molar-refractivity contribution in [2.24, 2.45) is 0 Å². The summed E-state index contributed by atoms with van der Waals surface area (Å²) in [5.74, 6) is 2.35. The van der Waals surface area contributed by atoms with Crippen LogP contribution in [0.25, 0.3) is 0 Å². The maximum Gasteiger partial charge on any atom is 0.271 e. The predicted octanol–water partition coefficient (Wildman–Crippen LogP) is 1.56. The number of hydrogen-bond donors (Lipinski definition) is 3. The van der Waals surface area contributed by atoms with E-state index in [2.05, 4.69) is 40.9 Å². The first-order chi connectivity index (χ1) is 12.7. The molecule has 0 atom stereocenters. The maximum absolute atomic E-state index is 11.9. The Morgan fingerprint density at radius 3 is 2.65 bits per heavy atom. The summed E-state index contributed by atoms with van der Waals surface area (Å²) in [6.45, 7) is 2.73. The second-order valence-corrected chi connectivity index (χ2v) is 5.30. The molecule has 9 nitrogen and oxygen atoms in total. The molecule has 0 aliphatic carbocycles. The van der Waals surface area contributed by atoms with Crippen LogP contribution in [0, 0.1) is 6.92 Å². The number of anilines is 3. The lowest BCUT2D eigenvalue weighted by Crippen LogP contribution is -2.29. The minimum atomic E-state index is -0.267. The summed E-state index contributed by atoms with van der Waals surface area (Å²) in [7, 11) is 0. The summed E-state index contributed by atoms with van der Waals surface area (Å²) >= 11 is 0. The van der Waals surface area contributed by atoms with E-state index in [1.54, 1.807) is 12.3 Å². The van der Waals surface area contributed by atoms with E-state index in [1.165, 1.54) is 18.6 Å². The Balaban J connectivity index is 1.52. The molecule has 0 saturated heterocycles. The van der Waals surface area contributed by atoms with E-state index < -0.39 is 0 Å². The topological polar surface area (TPSA) is 118 Å². The number of nitrogens with zero attached hydrogens (tertiary/aromatic N) is 5. The van der Waals surface area contributed by atoms with Crippen molar-refractivity contribution >= 4 is 23.4 Å². The van der Waals surface area contributed by atoms with Gasteiger partial charge in [0.05, 0.1) is 6.20 Å². The van der Waals surface area contributed by atoms with Gasteiger partial charge in [0.25, 0.3) is 5.91 Å². The van der Waals surface area contributed by atoms with Crippen LogP contribution in [0.3, 0.4) is 0 Å². The molecule has 0 fully saturated rings. The number of hydrogen-bond acceptors (Lipinski definition) is 8. The van der Waals surface area contributed by atoms with Crippen molar-refractivity contribution in [1.29, 1.82) is 0 Å². The lowest BCUT2D eigenvalue weighted by atomic mass is 10.4. The number of rotatable bonds is 7. The van der Waals surface area contributed by atoms with Gasteiger partial charge in [-0.25, -0.2) is 19.9 Å². The van der Waals surface area contributed by atoms with Crippen LogP contribution < -0.4 is 16.0 Å². The third kappa shape index (κ3) is 4.94. The second kappa shape index (κ2) is 8.47. The number of aromatic nitrogens is 5. The Labute approximate surface area is 150 Å². The highest BCUT2D eigenvalue weighted by Crippen LogP contribution is 2.15. The van der Waals surface area contributed by atoms with E-state index in [1.807, 2.05) is 25.1 Å². The van der Waals surface area contributed by atoms with Gasteiger partial charge in [-0.15, -0.1) is 0 Å². The monoisotopic (exact) mass is 350 g/mol. The number of carbonyl (C=O) groups is 1. The largest absolute Gasteiger partial charge is 0.368 e. The first kappa shape index (κ1) is 17.2. The molecule has 0 unspecified atom stereocenters. The van der Waals surface area contributed by atoms with Crippen LogP contribution >= 0.6 is 0 Å². The molecule has 3 N–H and O–H groups in total. The van der Waals surface area contributed by atoms with E-state index in [4.69, 9.17) is 0 Å². The highest BCUT2D eigenvalue weighted by Gasteiger charge is 2.06. The van der Waals surface area contributed by atoms with Crippen molar-refractivity contribution in [2.75, 3.05) is 23.7 Å². The lowest BCUT2D eigenvalue weighted by Gasteiger charge is -2.10. The highest BCUT2D eigenvalue weighted by atomic mass is 16.1. The molecule has 1 amide bonds. The molecule has 3 aromatic heterocycles. The first-order valence-corrected chi connectivity index (χ1v) is 8.02. The predicted molar refractivity (Wildman–Crippen MR) is 97.1 cm³/mol. The van der Waals surface area contributed by atoms with E-state index in [-0.39, 0.29) is 11.6 Å². The van der Waals surface area contributed by atoms with Crippen LogP contribution in [0.4, 0.5) is 17.5 Å². The molecule has 3 rings (SSSR count). The number of pyridine rings is 1. The maximum atomic E-state index is 11.9. The third-order valence-electron chi connectivity index (χ3n) is 3.27. The molecular weight excluding hydrogens is 332 g/mol. The number of aryl methyl sites for hydroxylation is 1. The van der Waals surface area contributed by atoms with Gasteiger partial charge in [-0.2, -0.15) is 0 Å². The summed E-state index contributed by atoms with van der Waals surface area (Å²) in [5.41, 5.74) is 0.284. The third-order valence-corrected chi connectivity index (χ3v) is 3.27. The van der Waals surface area contributed by atoms with Gasteiger partial charge in [-0.3, -0.25) is 9.78 Å². The summed E-state index contributed by atoms with van der Waals surface area (Å²) in [6, 6.07) is 7.37. The van der Waals surface area contributed by atoms with Crippen LogP contribution in [0.1, 0.15) is 16.3 Å². The molecule has 132 valence electrons. The zero-order chi connectivity index (χ0) is 18.2. The normalized spacial score (nSPS) is 10.2. The highest BCUT2D eigenvalue weighted by molar-refractivity contribution is 5.91. The van der Waals surface area contributed by atoms with Crippen LogP contribution in [-0.2, 0) is 0 Å². The Hall–Kier alpha value is -3.62. The molecule has 0 aliphatic rings. The summed E-state index contributed by atoms with van der Waals surface area (Å²) in [6.07, 6.45) is 6.13. The minimum Gasteiger partial charge on any atom is -0.368 e. The average molecular weight is 350 g/mol. The van der Waals surface area contributed by atoms with Crippen molar-refractivity contribution in [2.45, 2.75) is 6.92 Å². The molecule has 3 aromatic rings. The van der Waals surface area contributed by atoms with E-state index in [9.17, 15) is 4.79 Å². The molecule has 9 heteroatoms. The molecule has 0 saturated carbocycles. The Morgan fingerprint density at radius 1 is 1.00 bits per heavy atom. The van der Waals surface area contributed by atoms with Crippen LogP contribution in [0.15, 0.2) is 49.1 Å². The zero-order valence-electron chi connectivity index (χ0n) is 14.2. The average Bonchev–Trinajstić information content (AvgIpc) is 2.66. The van der Waals surface area contributed by atoms with Crippen molar-refractivity contribution < 1.29 is 4.79 Å². The van der Waals surface area contributed by atoms with Gasteiger partial charge >= 0.3 is 0 Å². The van der Waals surface area contributed by atoms with Crippen LogP contribution in [-0.4, -0.2) is 43.9 Å². The minimum absolute atomic E-state index is 0.267. The van der Waals surface area contributed by atoms with Gasteiger partial charge in [0.1, 0.15) is 29.0 Å². The zero-order valence-corrected chi connectivity index (χ0v) is 14.2. The van der Waals surface area contributed by atoms with Crippen molar-refractivity contribution in [3.8, 4) is 0 Å². The number of nitrogens with one attached hydrogen (secondary N) is 3. The van der Waals surface area contributed by atoms with Crippen molar-refractivity contribution in [3.05, 3.63) is 60.6 Å². The van der Waals surface area contributed by atoms with Gasteiger partial charge < -0.3 is 16.0 Å². The molecule has 0 bridgehead atoms. The van der Waals surface area contributed by atoms with Crippen LogP contribution in [0.2, 0.25) is 0 Å². The summed E-state index contributed by atoms with van der Waals surface area (Å²) in [5, 5.41) is 9.05. The second-order valence-electron chi connectivity index (χ2n) is 5.30. The fourth-order valence-corrected chi connectivity index (χ4v) is 2.16. The summed E-state index contributed by atoms with van der Waals surface area (Å²) in [4.78, 5) is 32.6. The first-order valence-electron chi connectivity index (χ1n) is 8.02. The van der Waals surface area contributed by atoms with Gasteiger partial charge in [0, 0.05) is 37.7 Å². The lowest BCUT2D eigenvalue weighted by molar-refractivity contribution is 0.0950. The molecule has 0 radical (unpaired) electrons. The fourth-order valence-electron chi connectivity index (χ4n) is 2.16. The van der Waals surface area contributed by atoms with Crippen molar-refractivity contribution in [1.82, 2.24) is 30.2 Å². The Bertz CT molecular complexity index is 857. The molecule has 0 aliphatic heterocycles. The molecule has 26 heavy (non-hydrogen) atoms. The Morgan fingerprint density at radius 2 is 1.88 bits per heavy atom. The molecule has 0 aromatic carbocycles. The smallest absolute Gasteiger partial charge is 0.271 e. The molecule has 0 spiro atoms. The van der Waals surface area contributed by atoms with Gasteiger partial charge in [0.15, 0.2) is 0 Å². The summed E-state index contributed by atoms with van der Waals surface area (Å²) < 4.78 is 0. The van der Waals surface area contributed by atoms with E-state index >= 15 is 0 Å². The standard InChI is InChI=1S/C17H18N8O/c1-12-23-15(10-16(24-12)25-14-4-2-3-5-20-14)21-8-9-22-17(26)13-11-18-6-7-19-13/h2-7,10-11H,8-9H2,1H3,(H,22,26)(H2,20,21,23,24,25).